The average Bonchev–Trinajstić information content (AvgIpc) is 3.21. The zero-order valence-electron chi connectivity index (χ0n) is 19.4. The summed E-state index contributed by atoms with van der Waals surface area (Å²) in [5.41, 5.74) is 1.33. The Morgan fingerprint density at radius 2 is 1.88 bits per heavy atom. The average molecular weight is 496 g/mol. The van der Waals surface area contributed by atoms with Crippen molar-refractivity contribution >= 4 is 22.0 Å². The van der Waals surface area contributed by atoms with Crippen molar-refractivity contribution in [3.05, 3.63) is 41.7 Å². The van der Waals surface area contributed by atoms with Crippen LogP contribution in [-0.2, 0) is 48.7 Å². The van der Waals surface area contributed by atoms with Crippen molar-refractivity contribution in [1.82, 2.24) is 24.2 Å². The molecule has 186 valence electrons. The van der Waals surface area contributed by atoms with Crippen LogP contribution in [0.15, 0.2) is 30.5 Å². The van der Waals surface area contributed by atoms with Crippen molar-refractivity contribution in [3.8, 4) is 5.75 Å². The number of sulfonamides is 1. The highest BCUT2D eigenvalue weighted by atomic mass is 32.2. The number of carbonyl (C=O) groups excluding carboxylic acids is 2. The fourth-order valence-electron chi connectivity index (χ4n) is 3.61. The maximum absolute atomic E-state index is 13.1. The Kier molecular flexibility index (Phi) is 8.58. The number of hydrogen-bond donors (Lipinski definition) is 0. The second-order valence-electron chi connectivity index (χ2n) is 7.80. The predicted octanol–water partition coefficient (Wildman–Crippen LogP) is 0.0390. The first-order valence-electron chi connectivity index (χ1n) is 10.7. The summed E-state index contributed by atoms with van der Waals surface area (Å²) in [5, 5.41) is 7.96. The van der Waals surface area contributed by atoms with Crippen molar-refractivity contribution in [2.75, 3.05) is 39.7 Å². The van der Waals surface area contributed by atoms with Gasteiger partial charge in [0.05, 0.1) is 38.8 Å². The van der Waals surface area contributed by atoms with Gasteiger partial charge in [0.25, 0.3) is 0 Å². The summed E-state index contributed by atoms with van der Waals surface area (Å²) in [5.74, 6) is -0.484. The standard InChI is InChI=1S/C21H29N5O7S/c1-16(27)33-10-8-25-13-18(22-23-25)14-26-20(21(28)32-3)15-24(9-11-34(26,29)30)12-17-4-6-19(31-2)7-5-17/h4-7,13,20H,8-12,14-15H2,1-3H3. The Morgan fingerprint density at radius 3 is 2.53 bits per heavy atom. The van der Waals surface area contributed by atoms with E-state index in [1.807, 2.05) is 29.2 Å². The number of methoxy groups -OCH3 is 2. The summed E-state index contributed by atoms with van der Waals surface area (Å²) in [4.78, 5) is 25.5. The first kappa shape index (κ1) is 25.6. The van der Waals surface area contributed by atoms with Gasteiger partial charge in [-0.1, -0.05) is 17.3 Å². The fourth-order valence-corrected chi connectivity index (χ4v) is 5.21. The lowest BCUT2D eigenvalue weighted by Crippen LogP contribution is -2.48. The van der Waals surface area contributed by atoms with Crippen molar-refractivity contribution in [2.24, 2.45) is 0 Å². The molecule has 1 atom stereocenters. The molecule has 1 aliphatic rings. The zero-order valence-corrected chi connectivity index (χ0v) is 20.2. The van der Waals surface area contributed by atoms with Crippen LogP contribution in [0, 0.1) is 0 Å². The van der Waals surface area contributed by atoms with Crippen LogP contribution >= 0.6 is 0 Å². The Hall–Kier alpha value is -3.03. The molecule has 0 bridgehead atoms. The summed E-state index contributed by atoms with van der Waals surface area (Å²) in [6, 6.07) is 6.42. The van der Waals surface area contributed by atoms with Crippen molar-refractivity contribution in [2.45, 2.75) is 32.6 Å². The van der Waals surface area contributed by atoms with Gasteiger partial charge in [-0.15, -0.1) is 5.10 Å². The molecule has 12 nitrogen and oxygen atoms in total. The number of ether oxygens (including phenoxy) is 3. The predicted molar refractivity (Wildman–Crippen MR) is 120 cm³/mol. The first-order chi connectivity index (χ1) is 16.2. The van der Waals surface area contributed by atoms with Crippen LogP contribution < -0.4 is 4.74 Å². The molecule has 2 aromatic rings. The quantitative estimate of drug-likeness (QED) is 0.439. The number of aromatic nitrogens is 3. The van der Waals surface area contributed by atoms with Crippen LogP contribution in [0.1, 0.15) is 18.2 Å². The maximum Gasteiger partial charge on any atom is 0.325 e. The molecule has 1 aliphatic heterocycles. The summed E-state index contributed by atoms with van der Waals surface area (Å²) < 4.78 is 43.9. The Bertz CT molecular complexity index is 1090. The summed E-state index contributed by atoms with van der Waals surface area (Å²) in [6.45, 7) is 2.45. The van der Waals surface area contributed by atoms with Crippen LogP contribution in [0.5, 0.6) is 5.75 Å². The van der Waals surface area contributed by atoms with Gasteiger partial charge in [-0.25, -0.2) is 13.1 Å². The van der Waals surface area contributed by atoms with Crippen LogP contribution in [0.3, 0.4) is 0 Å². The van der Waals surface area contributed by atoms with Crippen LogP contribution in [0.25, 0.3) is 0 Å². The number of benzene rings is 1. The third-order valence-corrected chi connectivity index (χ3v) is 7.17. The second kappa shape index (κ2) is 11.4. The Labute approximate surface area is 198 Å². The number of nitrogens with zero attached hydrogens (tertiary/aromatic N) is 5. The summed E-state index contributed by atoms with van der Waals surface area (Å²) in [6.07, 6.45) is 1.56. The third-order valence-electron chi connectivity index (χ3n) is 5.37. The lowest BCUT2D eigenvalue weighted by molar-refractivity contribution is -0.146. The molecule has 0 radical (unpaired) electrons. The highest BCUT2D eigenvalue weighted by molar-refractivity contribution is 7.89. The molecule has 0 saturated carbocycles. The molecule has 2 heterocycles. The molecular formula is C21H29N5O7S. The number of carbonyl (C=O) groups is 2. The maximum atomic E-state index is 13.1. The minimum absolute atomic E-state index is 0.116. The topological polar surface area (TPSA) is 133 Å². The Morgan fingerprint density at radius 1 is 1.15 bits per heavy atom. The zero-order chi connectivity index (χ0) is 24.7. The lowest BCUT2D eigenvalue weighted by atomic mass is 10.2. The number of esters is 2. The smallest absolute Gasteiger partial charge is 0.325 e. The molecule has 0 amide bonds. The van der Waals surface area contributed by atoms with Gasteiger partial charge in [0.15, 0.2) is 0 Å². The van der Waals surface area contributed by atoms with Crippen LogP contribution in [0.4, 0.5) is 0 Å². The molecule has 1 aromatic heterocycles. The SMILES string of the molecule is COC(=O)C1CN(Cc2ccc(OC)cc2)CCS(=O)(=O)N1Cc1cn(CCOC(C)=O)nn1. The van der Waals surface area contributed by atoms with Gasteiger partial charge in [-0.05, 0) is 17.7 Å². The van der Waals surface area contributed by atoms with Crippen molar-refractivity contribution in [1.29, 1.82) is 0 Å². The van der Waals surface area contributed by atoms with Gasteiger partial charge in [-0.2, -0.15) is 4.31 Å². The van der Waals surface area contributed by atoms with Gasteiger partial charge in [0, 0.05) is 32.8 Å². The van der Waals surface area contributed by atoms with E-state index in [9.17, 15) is 18.0 Å². The molecule has 0 N–H and O–H groups in total. The number of rotatable bonds is 9. The highest BCUT2D eigenvalue weighted by Gasteiger charge is 2.40. The molecule has 3 rings (SSSR count). The van der Waals surface area contributed by atoms with Gasteiger partial charge in [0.1, 0.15) is 18.4 Å². The molecule has 1 fully saturated rings. The van der Waals surface area contributed by atoms with E-state index in [2.05, 4.69) is 10.3 Å². The third kappa shape index (κ3) is 6.74. The highest BCUT2D eigenvalue weighted by Crippen LogP contribution is 2.21. The van der Waals surface area contributed by atoms with Crippen molar-refractivity contribution in [3.63, 3.8) is 0 Å². The van der Waals surface area contributed by atoms with Gasteiger partial charge in [0.2, 0.25) is 10.0 Å². The van der Waals surface area contributed by atoms with Gasteiger partial charge < -0.3 is 14.2 Å². The lowest BCUT2D eigenvalue weighted by Gasteiger charge is -2.28. The molecule has 1 saturated heterocycles. The van der Waals surface area contributed by atoms with E-state index in [0.717, 1.165) is 15.6 Å². The van der Waals surface area contributed by atoms with E-state index in [1.54, 1.807) is 13.3 Å². The van der Waals surface area contributed by atoms with E-state index in [4.69, 9.17) is 14.2 Å². The molecule has 1 unspecified atom stereocenters. The molecule has 0 aliphatic carbocycles. The molecule has 13 heteroatoms. The van der Waals surface area contributed by atoms with E-state index < -0.39 is 28.0 Å². The molecule has 34 heavy (non-hydrogen) atoms. The van der Waals surface area contributed by atoms with Crippen LogP contribution in [-0.4, -0.2) is 90.3 Å². The Balaban J connectivity index is 1.76. The summed E-state index contributed by atoms with van der Waals surface area (Å²) >= 11 is 0. The van der Waals surface area contributed by atoms with E-state index in [0.29, 0.717) is 12.2 Å². The normalized spacial score (nSPS) is 18.7. The monoisotopic (exact) mass is 495 g/mol. The van der Waals surface area contributed by atoms with E-state index in [1.165, 1.54) is 18.7 Å². The van der Waals surface area contributed by atoms with Gasteiger partial charge >= 0.3 is 11.9 Å². The minimum atomic E-state index is -3.79. The van der Waals surface area contributed by atoms with Crippen LogP contribution in [0.2, 0.25) is 0 Å². The van der Waals surface area contributed by atoms with Gasteiger partial charge in [-0.3, -0.25) is 14.5 Å². The largest absolute Gasteiger partial charge is 0.497 e. The fraction of sp³-hybridized carbons (Fsp3) is 0.524. The van der Waals surface area contributed by atoms with E-state index >= 15 is 0 Å². The first-order valence-corrected chi connectivity index (χ1v) is 12.3. The number of hydrogen-bond acceptors (Lipinski definition) is 10. The molecular weight excluding hydrogens is 466 g/mol. The molecule has 1 aromatic carbocycles. The van der Waals surface area contributed by atoms with E-state index in [-0.39, 0.29) is 38.5 Å². The van der Waals surface area contributed by atoms with Crippen molar-refractivity contribution < 1.29 is 32.2 Å². The summed E-state index contributed by atoms with van der Waals surface area (Å²) in [7, 11) is -0.974. The molecule has 0 spiro atoms. The second-order valence-corrected chi connectivity index (χ2v) is 9.84. The minimum Gasteiger partial charge on any atom is -0.497 e.